The fraction of sp³-hybridized carbons (Fsp3) is 0.500. The Labute approximate surface area is 112 Å². The fourth-order valence-electron chi connectivity index (χ4n) is 2.81. The molecule has 0 aromatic carbocycles. The maximum Gasteiger partial charge on any atom is 0.276 e. The first kappa shape index (κ1) is 12.3. The lowest BCUT2D eigenvalue weighted by Gasteiger charge is -2.33. The van der Waals surface area contributed by atoms with Gasteiger partial charge in [-0.15, -0.1) is 0 Å². The van der Waals surface area contributed by atoms with Crippen LogP contribution < -0.4 is 5.73 Å². The molecule has 0 aliphatic heterocycles. The van der Waals surface area contributed by atoms with Crippen molar-refractivity contribution in [3.63, 3.8) is 0 Å². The third kappa shape index (κ3) is 2.38. The second-order valence-electron chi connectivity index (χ2n) is 5.50. The molecule has 2 unspecified atom stereocenters. The third-order valence-electron chi connectivity index (χ3n) is 3.79. The van der Waals surface area contributed by atoms with E-state index in [4.69, 9.17) is 10.3 Å². The van der Waals surface area contributed by atoms with E-state index in [0.717, 1.165) is 19.3 Å². The molecular formula is C14H18N4O. The molecular weight excluding hydrogens is 240 g/mol. The highest BCUT2D eigenvalue weighted by molar-refractivity contribution is 5.45. The lowest BCUT2D eigenvalue weighted by atomic mass is 9.76. The normalized spacial score (nSPS) is 27.4. The van der Waals surface area contributed by atoms with Crippen LogP contribution in [-0.4, -0.2) is 15.1 Å². The molecule has 0 bridgehead atoms. The zero-order valence-electron chi connectivity index (χ0n) is 11.0. The minimum absolute atomic E-state index is 0.443. The summed E-state index contributed by atoms with van der Waals surface area (Å²) in [6.45, 7) is 2.22. The van der Waals surface area contributed by atoms with Crippen molar-refractivity contribution in [2.75, 3.05) is 0 Å². The molecule has 1 saturated carbocycles. The van der Waals surface area contributed by atoms with Crippen molar-refractivity contribution in [3.05, 3.63) is 30.2 Å². The van der Waals surface area contributed by atoms with E-state index in [0.29, 0.717) is 23.3 Å². The van der Waals surface area contributed by atoms with Crippen LogP contribution in [0.15, 0.2) is 28.9 Å². The Morgan fingerprint density at radius 2 is 2.32 bits per heavy atom. The highest BCUT2D eigenvalue weighted by Gasteiger charge is 2.37. The van der Waals surface area contributed by atoms with Gasteiger partial charge in [-0.3, -0.25) is 4.98 Å². The molecule has 100 valence electrons. The first-order valence-electron chi connectivity index (χ1n) is 6.72. The monoisotopic (exact) mass is 258 g/mol. The topological polar surface area (TPSA) is 77.8 Å². The van der Waals surface area contributed by atoms with Gasteiger partial charge in [0.2, 0.25) is 0 Å². The summed E-state index contributed by atoms with van der Waals surface area (Å²) in [5, 5.41) is 4.07. The molecule has 1 aliphatic carbocycles. The standard InChI is InChI=1S/C14H18N4O/c1-10-5-4-7-14(15,9-10)13-17-12(19-18-13)11-6-2-3-8-16-11/h2-3,6,8,10H,4-5,7,9,15H2,1H3. The van der Waals surface area contributed by atoms with E-state index in [2.05, 4.69) is 22.0 Å². The molecule has 0 spiro atoms. The highest BCUT2D eigenvalue weighted by Crippen LogP contribution is 2.36. The Morgan fingerprint density at radius 1 is 1.42 bits per heavy atom. The number of nitrogens with zero attached hydrogens (tertiary/aromatic N) is 3. The maximum atomic E-state index is 6.46. The van der Waals surface area contributed by atoms with Crippen LogP contribution in [0.25, 0.3) is 11.6 Å². The lowest BCUT2D eigenvalue weighted by Crippen LogP contribution is -2.42. The number of rotatable bonds is 2. The van der Waals surface area contributed by atoms with Crippen LogP contribution in [0.1, 0.15) is 38.4 Å². The molecule has 0 saturated heterocycles. The second kappa shape index (κ2) is 4.74. The number of nitrogens with two attached hydrogens (primary N) is 1. The van der Waals surface area contributed by atoms with Gasteiger partial charge >= 0.3 is 0 Å². The Hall–Kier alpha value is -1.75. The van der Waals surface area contributed by atoms with E-state index < -0.39 is 5.54 Å². The van der Waals surface area contributed by atoms with Gasteiger partial charge < -0.3 is 10.3 Å². The van der Waals surface area contributed by atoms with E-state index in [1.54, 1.807) is 6.20 Å². The maximum absolute atomic E-state index is 6.46. The minimum Gasteiger partial charge on any atom is -0.332 e. The van der Waals surface area contributed by atoms with E-state index in [9.17, 15) is 0 Å². The summed E-state index contributed by atoms with van der Waals surface area (Å²) < 4.78 is 5.30. The average molecular weight is 258 g/mol. The van der Waals surface area contributed by atoms with Crippen molar-refractivity contribution in [1.29, 1.82) is 0 Å². The molecule has 5 heteroatoms. The average Bonchev–Trinajstić information content (AvgIpc) is 2.90. The quantitative estimate of drug-likeness (QED) is 0.895. The zero-order valence-corrected chi connectivity index (χ0v) is 11.0. The first-order chi connectivity index (χ1) is 9.17. The van der Waals surface area contributed by atoms with Crippen molar-refractivity contribution in [2.45, 2.75) is 38.1 Å². The Morgan fingerprint density at radius 3 is 3.05 bits per heavy atom. The molecule has 3 rings (SSSR count). The number of hydrogen-bond acceptors (Lipinski definition) is 5. The van der Waals surface area contributed by atoms with Crippen LogP contribution >= 0.6 is 0 Å². The second-order valence-corrected chi connectivity index (χ2v) is 5.50. The largest absolute Gasteiger partial charge is 0.332 e. The van der Waals surface area contributed by atoms with E-state index >= 15 is 0 Å². The van der Waals surface area contributed by atoms with Gasteiger partial charge in [-0.25, -0.2) is 0 Å². The minimum atomic E-state index is -0.450. The predicted octanol–water partition coefficient (Wildman–Crippen LogP) is 2.50. The van der Waals surface area contributed by atoms with Crippen LogP contribution in [-0.2, 0) is 5.54 Å². The number of aromatic nitrogens is 3. The lowest BCUT2D eigenvalue weighted by molar-refractivity contribution is 0.222. The molecule has 0 amide bonds. The van der Waals surface area contributed by atoms with Crippen LogP contribution in [0, 0.1) is 5.92 Å². The summed E-state index contributed by atoms with van der Waals surface area (Å²) in [6, 6.07) is 5.60. The van der Waals surface area contributed by atoms with Gasteiger partial charge in [-0.2, -0.15) is 4.98 Å². The van der Waals surface area contributed by atoms with Crippen LogP contribution in [0.3, 0.4) is 0 Å². The Kier molecular flexibility index (Phi) is 3.06. The predicted molar refractivity (Wildman–Crippen MR) is 71.0 cm³/mol. The van der Waals surface area contributed by atoms with Crippen molar-refractivity contribution < 1.29 is 4.52 Å². The smallest absolute Gasteiger partial charge is 0.276 e. The van der Waals surface area contributed by atoms with Crippen LogP contribution in [0.4, 0.5) is 0 Å². The molecule has 1 fully saturated rings. The van der Waals surface area contributed by atoms with E-state index in [1.165, 1.54) is 6.42 Å². The van der Waals surface area contributed by atoms with Crippen LogP contribution in [0.5, 0.6) is 0 Å². The van der Waals surface area contributed by atoms with Gasteiger partial charge in [0.25, 0.3) is 5.89 Å². The third-order valence-corrected chi connectivity index (χ3v) is 3.79. The Bertz CT molecular complexity index is 554. The molecule has 19 heavy (non-hydrogen) atoms. The number of pyridine rings is 1. The zero-order chi connectivity index (χ0) is 13.3. The molecule has 5 nitrogen and oxygen atoms in total. The molecule has 2 N–H and O–H groups in total. The SMILES string of the molecule is CC1CCCC(N)(c2noc(-c3ccccn3)n2)C1. The summed E-state index contributed by atoms with van der Waals surface area (Å²) in [4.78, 5) is 8.65. The van der Waals surface area contributed by atoms with Crippen molar-refractivity contribution in [2.24, 2.45) is 11.7 Å². The van der Waals surface area contributed by atoms with Crippen LogP contribution in [0.2, 0.25) is 0 Å². The molecule has 2 heterocycles. The van der Waals surface area contributed by atoms with Crippen molar-refractivity contribution >= 4 is 0 Å². The summed E-state index contributed by atoms with van der Waals surface area (Å²) in [5.41, 5.74) is 6.70. The summed E-state index contributed by atoms with van der Waals surface area (Å²) in [7, 11) is 0. The van der Waals surface area contributed by atoms with Gasteiger partial charge in [-0.1, -0.05) is 31.0 Å². The summed E-state index contributed by atoms with van der Waals surface area (Å²) in [5.74, 6) is 1.66. The summed E-state index contributed by atoms with van der Waals surface area (Å²) >= 11 is 0. The van der Waals surface area contributed by atoms with Gasteiger partial charge in [0, 0.05) is 6.20 Å². The fourth-order valence-corrected chi connectivity index (χ4v) is 2.81. The number of hydrogen-bond donors (Lipinski definition) is 1. The molecule has 1 aliphatic rings. The molecule has 2 aromatic heterocycles. The van der Waals surface area contributed by atoms with Gasteiger partial charge in [0.1, 0.15) is 5.69 Å². The van der Waals surface area contributed by atoms with E-state index in [1.807, 2.05) is 18.2 Å². The van der Waals surface area contributed by atoms with Gasteiger partial charge in [-0.05, 0) is 30.9 Å². The van der Waals surface area contributed by atoms with Crippen molar-refractivity contribution in [1.82, 2.24) is 15.1 Å². The van der Waals surface area contributed by atoms with Gasteiger partial charge in [0.05, 0.1) is 5.54 Å². The van der Waals surface area contributed by atoms with E-state index in [-0.39, 0.29) is 0 Å². The summed E-state index contributed by atoms with van der Waals surface area (Å²) in [6.07, 6.45) is 5.88. The molecule has 0 radical (unpaired) electrons. The molecule has 2 aromatic rings. The Balaban J connectivity index is 1.89. The van der Waals surface area contributed by atoms with Gasteiger partial charge in [0.15, 0.2) is 5.82 Å². The molecule has 2 atom stereocenters. The van der Waals surface area contributed by atoms with Crippen molar-refractivity contribution in [3.8, 4) is 11.6 Å². The highest BCUT2D eigenvalue weighted by atomic mass is 16.5. The first-order valence-corrected chi connectivity index (χ1v) is 6.72.